The number of aromatic nitrogens is 1. The summed E-state index contributed by atoms with van der Waals surface area (Å²) < 4.78 is 0. The van der Waals surface area contributed by atoms with Gasteiger partial charge >= 0.3 is 0 Å². The molecule has 1 aliphatic heterocycles. The number of rotatable bonds is 3. The molecular weight excluding hydrogens is 270 g/mol. The first-order valence-corrected chi connectivity index (χ1v) is 7.65. The van der Waals surface area contributed by atoms with Crippen molar-refractivity contribution in [3.63, 3.8) is 0 Å². The van der Waals surface area contributed by atoms with Crippen molar-refractivity contribution >= 4 is 28.1 Å². The zero-order chi connectivity index (χ0) is 14.1. The van der Waals surface area contributed by atoms with Crippen molar-refractivity contribution in [2.24, 2.45) is 0 Å². The number of carbonyl (C=O) groups excluding carboxylic acids is 1. The number of fused-ring (bicyclic) bond motifs is 1. The zero-order valence-electron chi connectivity index (χ0n) is 11.6. The topological polar surface area (TPSA) is 54.0 Å². The number of carbonyl (C=O) groups is 1. The lowest BCUT2D eigenvalue weighted by Gasteiger charge is -2.05. The van der Waals surface area contributed by atoms with Gasteiger partial charge in [-0.15, -0.1) is 11.3 Å². The number of hydrogen-bond donors (Lipinski definition) is 2. The molecule has 5 heteroatoms. The highest BCUT2D eigenvalue weighted by Crippen LogP contribution is 2.25. The molecule has 2 aromatic rings. The minimum atomic E-state index is -0.105. The molecule has 0 aliphatic carbocycles. The maximum Gasteiger partial charge on any atom is 0.257 e. The summed E-state index contributed by atoms with van der Waals surface area (Å²) in [5.74, 6) is 0.271. The number of nitrogens with zero attached hydrogens (tertiary/aromatic N) is 1. The van der Waals surface area contributed by atoms with Gasteiger partial charge in [-0.3, -0.25) is 10.1 Å². The van der Waals surface area contributed by atoms with E-state index in [4.69, 9.17) is 0 Å². The van der Waals surface area contributed by atoms with E-state index in [0.717, 1.165) is 24.3 Å². The highest BCUT2D eigenvalue weighted by Gasteiger charge is 2.14. The van der Waals surface area contributed by atoms with E-state index in [1.807, 2.05) is 23.6 Å². The molecule has 3 rings (SSSR count). The highest BCUT2D eigenvalue weighted by atomic mass is 32.1. The summed E-state index contributed by atoms with van der Waals surface area (Å²) in [5.41, 5.74) is 4.03. The molecule has 1 aliphatic rings. The lowest BCUT2D eigenvalue weighted by Crippen LogP contribution is -2.12. The minimum Gasteiger partial charge on any atom is -0.384 e. The molecule has 0 saturated carbocycles. The van der Waals surface area contributed by atoms with Crippen LogP contribution in [0.25, 0.3) is 0 Å². The van der Waals surface area contributed by atoms with Crippen LogP contribution in [-0.4, -0.2) is 17.4 Å². The van der Waals surface area contributed by atoms with E-state index >= 15 is 0 Å². The van der Waals surface area contributed by atoms with Gasteiger partial charge in [0.15, 0.2) is 5.13 Å². The molecule has 1 aromatic carbocycles. The molecule has 4 nitrogen and oxygen atoms in total. The van der Waals surface area contributed by atoms with E-state index in [-0.39, 0.29) is 5.91 Å². The minimum absolute atomic E-state index is 0.105. The van der Waals surface area contributed by atoms with Gasteiger partial charge in [-0.25, -0.2) is 4.98 Å². The molecule has 1 amide bonds. The van der Waals surface area contributed by atoms with E-state index in [1.54, 1.807) is 0 Å². The fourth-order valence-corrected chi connectivity index (χ4v) is 3.08. The number of hydrogen-bond acceptors (Lipinski definition) is 4. The maximum atomic E-state index is 12.2. The van der Waals surface area contributed by atoms with Crippen LogP contribution >= 0.6 is 11.3 Å². The standard InChI is InChI=1S/C15H17N3OS/c1-9(2)13-8-20-15(17-13)18-14(19)11-4-3-10-5-6-16-12(10)7-11/h3-4,7-9,16H,5-6H2,1-2H3,(H,17,18,19). The van der Waals surface area contributed by atoms with Crippen LogP contribution in [0, 0.1) is 0 Å². The Morgan fingerprint density at radius 2 is 2.30 bits per heavy atom. The molecule has 2 N–H and O–H groups in total. The quantitative estimate of drug-likeness (QED) is 0.908. The SMILES string of the molecule is CC(C)c1csc(NC(=O)c2ccc3c(c2)NCC3)n1. The second-order valence-corrected chi connectivity index (χ2v) is 6.09. The van der Waals surface area contributed by atoms with E-state index in [9.17, 15) is 4.79 Å². The van der Waals surface area contributed by atoms with Crippen molar-refractivity contribution in [3.05, 3.63) is 40.4 Å². The first-order chi connectivity index (χ1) is 9.63. The Bertz CT molecular complexity index is 648. The van der Waals surface area contributed by atoms with E-state index in [1.165, 1.54) is 16.9 Å². The normalized spacial score (nSPS) is 13.2. The summed E-state index contributed by atoms with van der Waals surface area (Å²) in [6.07, 6.45) is 1.03. The Hall–Kier alpha value is -1.88. The lowest BCUT2D eigenvalue weighted by atomic mass is 10.1. The third-order valence-corrected chi connectivity index (χ3v) is 4.19. The van der Waals surface area contributed by atoms with Crippen molar-refractivity contribution in [1.29, 1.82) is 0 Å². The molecule has 0 bridgehead atoms. The summed E-state index contributed by atoms with van der Waals surface area (Å²) >= 11 is 1.47. The number of benzene rings is 1. The molecule has 0 fully saturated rings. The van der Waals surface area contributed by atoms with Gasteiger partial charge in [0.1, 0.15) is 0 Å². The van der Waals surface area contributed by atoms with Gasteiger partial charge in [-0.1, -0.05) is 19.9 Å². The molecular formula is C15H17N3OS. The largest absolute Gasteiger partial charge is 0.384 e. The van der Waals surface area contributed by atoms with Crippen LogP contribution in [0.5, 0.6) is 0 Å². The van der Waals surface area contributed by atoms with Crippen LogP contribution < -0.4 is 10.6 Å². The lowest BCUT2D eigenvalue weighted by molar-refractivity contribution is 0.102. The maximum absolute atomic E-state index is 12.2. The predicted molar refractivity (Wildman–Crippen MR) is 82.8 cm³/mol. The van der Waals surface area contributed by atoms with Crippen molar-refractivity contribution in [2.75, 3.05) is 17.2 Å². The molecule has 0 atom stereocenters. The Labute approximate surface area is 122 Å². The molecule has 2 heterocycles. The summed E-state index contributed by atoms with van der Waals surface area (Å²) in [7, 11) is 0. The number of nitrogens with one attached hydrogen (secondary N) is 2. The number of amides is 1. The highest BCUT2D eigenvalue weighted by molar-refractivity contribution is 7.14. The summed E-state index contributed by atoms with van der Waals surface area (Å²) in [5, 5.41) is 8.80. The average molecular weight is 287 g/mol. The number of thiazole rings is 1. The van der Waals surface area contributed by atoms with Crippen LogP contribution in [0.1, 0.15) is 41.4 Å². The van der Waals surface area contributed by atoms with Crippen molar-refractivity contribution in [2.45, 2.75) is 26.2 Å². The van der Waals surface area contributed by atoms with Crippen molar-refractivity contribution in [3.8, 4) is 0 Å². The van der Waals surface area contributed by atoms with Gasteiger partial charge in [0.25, 0.3) is 5.91 Å². The molecule has 104 valence electrons. The van der Waals surface area contributed by atoms with Gasteiger partial charge in [-0.05, 0) is 30.0 Å². The first kappa shape index (κ1) is 13.1. The summed E-state index contributed by atoms with van der Waals surface area (Å²) in [4.78, 5) is 16.6. The monoisotopic (exact) mass is 287 g/mol. The summed E-state index contributed by atoms with van der Waals surface area (Å²) in [6.45, 7) is 5.13. The smallest absolute Gasteiger partial charge is 0.257 e. The van der Waals surface area contributed by atoms with Gasteiger partial charge in [0.2, 0.25) is 0 Å². The Kier molecular flexibility index (Phi) is 3.44. The van der Waals surface area contributed by atoms with E-state index in [0.29, 0.717) is 16.6 Å². The zero-order valence-corrected chi connectivity index (χ0v) is 12.4. The van der Waals surface area contributed by atoms with Crippen molar-refractivity contribution < 1.29 is 4.79 Å². The second-order valence-electron chi connectivity index (χ2n) is 5.24. The fraction of sp³-hybridized carbons (Fsp3) is 0.333. The Balaban J connectivity index is 1.75. The summed E-state index contributed by atoms with van der Waals surface area (Å²) in [6, 6.07) is 5.80. The van der Waals surface area contributed by atoms with Gasteiger partial charge in [0.05, 0.1) is 5.69 Å². The number of anilines is 2. The predicted octanol–water partition coefficient (Wildman–Crippen LogP) is 3.49. The molecule has 1 aromatic heterocycles. The Morgan fingerprint density at radius 3 is 3.05 bits per heavy atom. The van der Waals surface area contributed by atoms with Crippen molar-refractivity contribution in [1.82, 2.24) is 4.98 Å². The second kappa shape index (κ2) is 5.25. The van der Waals surface area contributed by atoms with Crippen LogP contribution in [-0.2, 0) is 6.42 Å². The first-order valence-electron chi connectivity index (χ1n) is 6.77. The molecule has 20 heavy (non-hydrogen) atoms. The van der Waals surface area contributed by atoms with Gasteiger partial charge < -0.3 is 5.32 Å². The van der Waals surface area contributed by atoms with Crippen LogP contribution in [0.4, 0.5) is 10.8 Å². The molecule has 0 saturated heterocycles. The van der Waals surface area contributed by atoms with Crippen LogP contribution in [0.15, 0.2) is 23.6 Å². The van der Waals surface area contributed by atoms with Crippen LogP contribution in [0.2, 0.25) is 0 Å². The van der Waals surface area contributed by atoms with Gasteiger partial charge in [0, 0.05) is 23.2 Å². The average Bonchev–Trinajstić information content (AvgIpc) is 3.05. The molecule has 0 radical (unpaired) electrons. The molecule has 0 unspecified atom stereocenters. The Morgan fingerprint density at radius 1 is 1.45 bits per heavy atom. The third-order valence-electron chi connectivity index (χ3n) is 3.42. The third kappa shape index (κ3) is 2.54. The van der Waals surface area contributed by atoms with Gasteiger partial charge in [-0.2, -0.15) is 0 Å². The fourth-order valence-electron chi connectivity index (χ4n) is 2.21. The van der Waals surface area contributed by atoms with Crippen LogP contribution in [0.3, 0.4) is 0 Å². The van der Waals surface area contributed by atoms with E-state index in [2.05, 4.69) is 29.5 Å². The molecule has 0 spiro atoms. The van der Waals surface area contributed by atoms with E-state index < -0.39 is 0 Å².